The zero-order valence-electron chi connectivity index (χ0n) is 14.9. The molecule has 0 saturated carbocycles. The van der Waals surface area contributed by atoms with Gasteiger partial charge in [-0.25, -0.2) is 15.0 Å². The van der Waals surface area contributed by atoms with Crippen LogP contribution < -0.4 is 0 Å². The lowest BCUT2D eigenvalue weighted by molar-refractivity contribution is -0.384. The Kier molecular flexibility index (Phi) is 5.43. The molecule has 0 radical (unpaired) electrons. The first-order chi connectivity index (χ1) is 14.0. The minimum atomic E-state index is -1.25. The Morgan fingerprint density at radius 1 is 1.24 bits per heavy atom. The van der Waals surface area contributed by atoms with Crippen LogP contribution in [-0.2, 0) is 10.5 Å². The molecule has 0 amide bonds. The van der Waals surface area contributed by atoms with Crippen molar-refractivity contribution in [2.75, 3.05) is 6.61 Å². The summed E-state index contributed by atoms with van der Waals surface area (Å²) in [6.45, 7) is -0.430. The Morgan fingerprint density at radius 3 is 2.79 bits per heavy atom. The van der Waals surface area contributed by atoms with Crippen LogP contribution in [0.1, 0.15) is 11.8 Å². The van der Waals surface area contributed by atoms with E-state index in [1.165, 1.54) is 41.1 Å². The summed E-state index contributed by atoms with van der Waals surface area (Å²) in [5.74, 6) is 0.439. The van der Waals surface area contributed by atoms with Gasteiger partial charge in [-0.15, -0.1) is 0 Å². The monoisotopic (exact) mass is 419 g/mol. The van der Waals surface area contributed by atoms with Crippen LogP contribution in [0.3, 0.4) is 0 Å². The number of nitrogens with zero attached hydrogens (tertiary/aromatic N) is 5. The standard InChI is InChI=1S/C17H17N5O6S/c23-5-11-13(24)14(25)17(28-11)21-8-20-12-15(21)18-7-19-16(12)29-6-9-2-1-3-10(4-9)22(26)27/h1-4,7-8,11,13-14,17,23-25H,5-6H2/t11-,13-,14-,17-/m1/s1. The number of aliphatic hydroxyl groups is 3. The molecular weight excluding hydrogens is 402 g/mol. The van der Waals surface area contributed by atoms with Crippen molar-refractivity contribution in [3.63, 3.8) is 0 Å². The molecule has 0 spiro atoms. The maximum Gasteiger partial charge on any atom is 0.269 e. The number of hydrogen-bond acceptors (Lipinski definition) is 10. The molecule has 1 aliphatic heterocycles. The van der Waals surface area contributed by atoms with Crippen LogP contribution in [-0.4, -0.2) is 64.7 Å². The van der Waals surface area contributed by atoms with Gasteiger partial charge in [-0.2, -0.15) is 0 Å². The fraction of sp³-hybridized carbons (Fsp3) is 0.353. The maximum atomic E-state index is 10.9. The molecule has 1 aromatic carbocycles. The molecule has 1 saturated heterocycles. The fourth-order valence-corrected chi connectivity index (χ4v) is 4.03. The number of hydrogen-bond donors (Lipinski definition) is 3. The van der Waals surface area contributed by atoms with Crippen LogP contribution in [0.25, 0.3) is 11.2 Å². The first kappa shape index (κ1) is 19.7. The molecule has 12 heteroatoms. The molecule has 0 bridgehead atoms. The summed E-state index contributed by atoms with van der Waals surface area (Å²) < 4.78 is 7.02. The van der Waals surface area contributed by atoms with Crippen molar-refractivity contribution in [2.45, 2.75) is 35.3 Å². The third-order valence-electron chi connectivity index (χ3n) is 4.61. The Bertz CT molecular complexity index is 1050. The zero-order valence-corrected chi connectivity index (χ0v) is 15.7. The van der Waals surface area contributed by atoms with E-state index in [-0.39, 0.29) is 5.69 Å². The number of ether oxygens (including phenoxy) is 1. The second kappa shape index (κ2) is 8.00. The Morgan fingerprint density at radius 2 is 2.07 bits per heavy atom. The van der Waals surface area contributed by atoms with Gasteiger partial charge in [0.15, 0.2) is 11.9 Å². The fourth-order valence-electron chi connectivity index (χ4n) is 3.14. The molecule has 1 aliphatic rings. The van der Waals surface area contributed by atoms with Crippen LogP contribution in [0.4, 0.5) is 5.69 Å². The molecule has 3 aromatic rings. The number of imidazole rings is 1. The normalized spacial score (nSPS) is 24.2. The first-order valence-electron chi connectivity index (χ1n) is 8.65. The zero-order chi connectivity index (χ0) is 20.5. The van der Waals surface area contributed by atoms with Gasteiger partial charge in [0.1, 0.15) is 35.2 Å². The molecular formula is C17H17N5O6S. The van der Waals surface area contributed by atoms with E-state index in [2.05, 4.69) is 15.0 Å². The van der Waals surface area contributed by atoms with Crippen LogP contribution in [0.2, 0.25) is 0 Å². The van der Waals surface area contributed by atoms with Gasteiger partial charge in [0, 0.05) is 17.9 Å². The number of aromatic nitrogens is 4. The van der Waals surface area contributed by atoms with E-state index in [4.69, 9.17) is 4.74 Å². The number of thioether (sulfide) groups is 1. The summed E-state index contributed by atoms with van der Waals surface area (Å²) in [5.41, 5.74) is 1.65. The average molecular weight is 419 g/mol. The highest BCUT2D eigenvalue weighted by Crippen LogP contribution is 2.33. The third-order valence-corrected chi connectivity index (χ3v) is 5.66. The summed E-state index contributed by atoms with van der Waals surface area (Å²) >= 11 is 1.34. The molecule has 0 aliphatic carbocycles. The van der Waals surface area contributed by atoms with Crippen molar-refractivity contribution in [3.05, 3.63) is 52.6 Å². The van der Waals surface area contributed by atoms with E-state index in [9.17, 15) is 25.4 Å². The first-order valence-corrected chi connectivity index (χ1v) is 9.64. The van der Waals surface area contributed by atoms with E-state index in [1.807, 2.05) is 0 Å². The Balaban J connectivity index is 1.58. The number of fused-ring (bicyclic) bond motifs is 1. The van der Waals surface area contributed by atoms with Crippen LogP contribution in [0.5, 0.6) is 0 Å². The number of nitro groups is 1. The molecule has 11 nitrogen and oxygen atoms in total. The van der Waals surface area contributed by atoms with Crippen molar-refractivity contribution in [3.8, 4) is 0 Å². The van der Waals surface area contributed by atoms with Gasteiger partial charge in [0.25, 0.3) is 5.69 Å². The number of non-ortho nitro benzene ring substituents is 1. The van der Waals surface area contributed by atoms with Gasteiger partial charge in [-0.1, -0.05) is 23.9 Å². The quantitative estimate of drug-likeness (QED) is 0.224. The minimum Gasteiger partial charge on any atom is -0.394 e. The molecule has 4 atom stereocenters. The highest BCUT2D eigenvalue weighted by Gasteiger charge is 2.44. The molecule has 3 heterocycles. The molecule has 4 rings (SSSR count). The molecule has 152 valence electrons. The van der Waals surface area contributed by atoms with Gasteiger partial charge >= 0.3 is 0 Å². The van der Waals surface area contributed by atoms with Crippen molar-refractivity contribution in [2.24, 2.45) is 0 Å². The smallest absolute Gasteiger partial charge is 0.269 e. The Labute approximate surface area is 168 Å². The molecule has 2 aromatic heterocycles. The lowest BCUT2D eigenvalue weighted by Crippen LogP contribution is -2.33. The van der Waals surface area contributed by atoms with Gasteiger partial charge in [-0.05, 0) is 5.56 Å². The summed E-state index contributed by atoms with van der Waals surface area (Å²) in [6, 6.07) is 6.35. The summed E-state index contributed by atoms with van der Waals surface area (Å²) in [6.07, 6.45) is -1.56. The predicted molar refractivity (Wildman–Crippen MR) is 101 cm³/mol. The van der Waals surface area contributed by atoms with Gasteiger partial charge < -0.3 is 20.1 Å². The summed E-state index contributed by atoms with van der Waals surface area (Å²) in [5, 5.41) is 41.0. The maximum absolute atomic E-state index is 10.9. The molecule has 0 unspecified atom stereocenters. The third kappa shape index (κ3) is 3.68. The van der Waals surface area contributed by atoms with Crippen molar-refractivity contribution < 1.29 is 25.0 Å². The molecule has 1 fully saturated rings. The second-order valence-corrected chi connectivity index (χ2v) is 7.41. The summed E-state index contributed by atoms with van der Waals surface area (Å²) in [4.78, 5) is 23.2. The highest BCUT2D eigenvalue weighted by molar-refractivity contribution is 7.98. The van der Waals surface area contributed by atoms with E-state index < -0.39 is 36.1 Å². The Hall–Kier alpha value is -2.64. The highest BCUT2D eigenvalue weighted by atomic mass is 32.2. The summed E-state index contributed by atoms with van der Waals surface area (Å²) in [7, 11) is 0. The lowest BCUT2D eigenvalue weighted by Gasteiger charge is -2.16. The van der Waals surface area contributed by atoms with E-state index in [0.717, 1.165) is 5.56 Å². The van der Waals surface area contributed by atoms with E-state index in [0.29, 0.717) is 21.9 Å². The van der Waals surface area contributed by atoms with Gasteiger partial charge in [0.05, 0.1) is 17.9 Å². The van der Waals surface area contributed by atoms with Crippen LogP contribution >= 0.6 is 11.8 Å². The van der Waals surface area contributed by atoms with Gasteiger partial charge in [-0.3, -0.25) is 14.7 Å². The predicted octanol–water partition coefficient (Wildman–Crippen LogP) is 0.638. The minimum absolute atomic E-state index is 0.0181. The number of rotatable bonds is 6. The number of nitro benzene ring substituents is 1. The number of benzene rings is 1. The van der Waals surface area contributed by atoms with Crippen molar-refractivity contribution in [1.82, 2.24) is 19.5 Å². The lowest BCUT2D eigenvalue weighted by atomic mass is 10.1. The van der Waals surface area contributed by atoms with Gasteiger partial charge in [0.2, 0.25) is 0 Å². The SMILES string of the molecule is O=[N+]([O-])c1cccc(CSc2ncnc3c2ncn3[C@@H]2O[C@H](CO)[C@@H](O)[C@H]2O)c1. The topological polar surface area (TPSA) is 157 Å². The van der Waals surface area contributed by atoms with Crippen molar-refractivity contribution in [1.29, 1.82) is 0 Å². The molecule has 29 heavy (non-hydrogen) atoms. The average Bonchev–Trinajstić information content (AvgIpc) is 3.28. The van der Waals surface area contributed by atoms with Crippen LogP contribution in [0, 0.1) is 10.1 Å². The second-order valence-electron chi connectivity index (χ2n) is 6.45. The largest absolute Gasteiger partial charge is 0.394 e. The molecule has 3 N–H and O–H groups in total. The van der Waals surface area contributed by atoms with E-state index in [1.54, 1.807) is 12.1 Å². The van der Waals surface area contributed by atoms with Crippen LogP contribution in [0.15, 0.2) is 41.9 Å². The number of aliphatic hydroxyl groups excluding tert-OH is 3. The van der Waals surface area contributed by atoms with Crippen molar-refractivity contribution >= 4 is 28.6 Å². The van der Waals surface area contributed by atoms with E-state index >= 15 is 0 Å².